The van der Waals surface area contributed by atoms with E-state index in [1.54, 1.807) is 0 Å². The van der Waals surface area contributed by atoms with Crippen LogP contribution in [0, 0.1) is 22.0 Å². The van der Waals surface area contributed by atoms with Crippen LogP contribution in [0.15, 0.2) is 18.2 Å². The van der Waals surface area contributed by atoms with Crippen molar-refractivity contribution in [2.24, 2.45) is 11.8 Å². The zero-order chi connectivity index (χ0) is 19.3. The highest BCUT2D eigenvalue weighted by Crippen LogP contribution is 2.22. The number of amides is 2. The zero-order valence-corrected chi connectivity index (χ0v) is 15.4. The molecule has 0 aliphatic carbocycles. The third-order valence-electron chi connectivity index (χ3n) is 4.23. The van der Waals surface area contributed by atoms with E-state index in [0.29, 0.717) is 19.8 Å². The molecular weight excluding hydrogens is 362 g/mol. The van der Waals surface area contributed by atoms with Crippen LogP contribution in [-0.4, -0.2) is 42.5 Å². The molecule has 1 heterocycles. The van der Waals surface area contributed by atoms with E-state index in [1.165, 1.54) is 12.1 Å². The van der Waals surface area contributed by atoms with E-state index in [1.807, 2.05) is 13.8 Å². The van der Waals surface area contributed by atoms with Gasteiger partial charge in [-0.3, -0.25) is 19.7 Å². The number of carbonyl (C=O) groups is 2. The largest absolute Gasteiger partial charge is 0.381 e. The maximum Gasteiger partial charge on any atom is 0.270 e. The van der Waals surface area contributed by atoms with Crippen LogP contribution in [-0.2, 0) is 9.53 Å². The highest BCUT2D eigenvalue weighted by atomic mass is 35.5. The number of non-ortho nitro benzene ring substituents is 1. The third-order valence-corrected chi connectivity index (χ3v) is 4.55. The summed E-state index contributed by atoms with van der Waals surface area (Å²) in [6.07, 6.45) is 0.900. The van der Waals surface area contributed by atoms with Gasteiger partial charge < -0.3 is 15.4 Å². The van der Waals surface area contributed by atoms with Crippen molar-refractivity contribution in [3.05, 3.63) is 38.9 Å². The van der Waals surface area contributed by atoms with Crippen molar-refractivity contribution in [3.8, 4) is 0 Å². The monoisotopic (exact) mass is 383 g/mol. The summed E-state index contributed by atoms with van der Waals surface area (Å²) >= 11 is 5.98. The molecule has 1 aliphatic rings. The fraction of sp³-hybridized carbons (Fsp3) is 0.529. The van der Waals surface area contributed by atoms with Crippen molar-refractivity contribution < 1.29 is 19.2 Å². The summed E-state index contributed by atoms with van der Waals surface area (Å²) in [6, 6.07) is 2.85. The normalized spacial score (nSPS) is 17.8. The van der Waals surface area contributed by atoms with Gasteiger partial charge in [0, 0.05) is 31.2 Å². The molecule has 0 saturated carbocycles. The Labute approximate surface area is 156 Å². The summed E-state index contributed by atoms with van der Waals surface area (Å²) in [4.78, 5) is 35.1. The maximum absolute atomic E-state index is 12.5. The van der Waals surface area contributed by atoms with Gasteiger partial charge in [0.1, 0.15) is 6.04 Å². The topological polar surface area (TPSA) is 111 Å². The summed E-state index contributed by atoms with van der Waals surface area (Å²) < 4.78 is 5.28. The number of nitro benzene ring substituents is 1. The Morgan fingerprint density at radius 3 is 2.69 bits per heavy atom. The number of carbonyl (C=O) groups excluding carboxylic acids is 2. The van der Waals surface area contributed by atoms with E-state index < -0.39 is 16.9 Å². The second-order valence-electron chi connectivity index (χ2n) is 6.59. The molecule has 2 unspecified atom stereocenters. The van der Waals surface area contributed by atoms with Gasteiger partial charge in [0.05, 0.1) is 22.1 Å². The molecule has 0 aromatic heterocycles. The Morgan fingerprint density at radius 2 is 2.15 bits per heavy atom. The van der Waals surface area contributed by atoms with Crippen molar-refractivity contribution >= 4 is 29.1 Å². The number of nitrogens with zero attached hydrogens (tertiary/aromatic N) is 1. The molecule has 9 heteroatoms. The number of rotatable bonds is 7. The number of halogens is 1. The average molecular weight is 384 g/mol. The van der Waals surface area contributed by atoms with Gasteiger partial charge >= 0.3 is 0 Å². The van der Waals surface area contributed by atoms with Crippen LogP contribution in [0.5, 0.6) is 0 Å². The molecule has 0 radical (unpaired) electrons. The van der Waals surface area contributed by atoms with Gasteiger partial charge in [-0.05, 0) is 18.4 Å². The molecule has 2 rings (SSSR count). The second-order valence-corrected chi connectivity index (χ2v) is 7.00. The highest BCUT2D eigenvalue weighted by molar-refractivity contribution is 6.34. The third kappa shape index (κ3) is 5.15. The number of nitrogens with one attached hydrogen (secondary N) is 2. The lowest BCUT2D eigenvalue weighted by Gasteiger charge is -2.22. The summed E-state index contributed by atoms with van der Waals surface area (Å²) in [7, 11) is 0. The number of nitro groups is 1. The predicted octanol–water partition coefficient (Wildman–Crippen LogP) is 2.16. The fourth-order valence-corrected chi connectivity index (χ4v) is 2.92. The quantitative estimate of drug-likeness (QED) is 0.553. The first-order valence-corrected chi connectivity index (χ1v) is 8.77. The molecule has 1 saturated heterocycles. The number of benzene rings is 1. The molecule has 1 fully saturated rings. The van der Waals surface area contributed by atoms with Gasteiger partial charge in [0.25, 0.3) is 11.6 Å². The van der Waals surface area contributed by atoms with E-state index in [4.69, 9.17) is 16.3 Å². The minimum absolute atomic E-state index is 0.0391. The maximum atomic E-state index is 12.5. The number of hydrogen-bond acceptors (Lipinski definition) is 5. The van der Waals surface area contributed by atoms with Gasteiger partial charge in [0.2, 0.25) is 5.91 Å². The van der Waals surface area contributed by atoms with Crippen LogP contribution in [0.25, 0.3) is 0 Å². The van der Waals surface area contributed by atoms with E-state index in [0.717, 1.165) is 12.5 Å². The molecule has 142 valence electrons. The van der Waals surface area contributed by atoms with Gasteiger partial charge in [-0.15, -0.1) is 0 Å². The Balaban J connectivity index is 2.02. The first-order chi connectivity index (χ1) is 12.3. The second kappa shape index (κ2) is 8.95. The first kappa shape index (κ1) is 20.1. The van der Waals surface area contributed by atoms with Crippen molar-refractivity contribution in [2.45, 2.75) is 26.3 Å². The van der Waals surface area contributed by atoms with Crippen LogP contribution in [0.4, 0.5) is 5.69 Å². The zero-order valence-electron chi connectivity index (χ0n) is 14.7. The molecule has 1 aliphatic heterocycles. The molecule has 26 heavy (non-hydrogen) atoms. The Bertz CT molecular complexity index is 689. The van der Waals surface area contributed by atoms with Crippen molar-refractivity contribution in [1.29, 1.82) is 0 Å². The lowest BCUT2D eigenvalue weighted by Crippen LogP contribution is -2.50. The lowest BCUT2D eigenvalue weighted by atomic mass is 10.0. The average Bonchev–Trinajstić information content (AvgIpc) is 3.10. The molecular formula is C17H22ClN3O5. The van der Waals surface area contributed by atoms with Gasteiger partial charge in [-0.2, -0.15) is 0 Å². The molecule has 0 spiro atoms. The summed E-state index contributed by atoms with van der Waals surface area (Å²) in [6.45, 7) is 5.46. The number of hydrogen-bond donors (Lipinski definition) is 2. The van der Waals surface area contributed by atoms with E-state index in [9.17, 15) is 19.7 Å². The molecule has 2 amide bonds. The molecule has 1 aromatic rings. The highest BCUT2D eigenvalue weighted by Gasteiger charge is 2.27. The minimum atomic E-state index is -0.740. The van der Waals surface area contributed by atoms with Crippen LogP contribution in [0.3, 0.4) is 0 Å². The SMILES string of the molecule is CC(C)C(NC(=O)c1ccc([N+](=O)[O-])cc1Cl)C(=O)NCC1CCOC1. The van der Waals surface area contributed by atoms with Crippen LogP contribution >= 0.6 is 11.6 Å². The molecule has 2 N–H and O–H groups in total. The van der Waals surface area contributed by atoms with E-state index >= 15 is 0 Å². The fourth-order valence-electron chi connectivity index (χ4n) is 2.65. The van der Waals surface area contributed by atoms with Gasteiger partial charge in [0.15, 0.2) is 0 Å². The molecule has 0 bridgehead atoms. The molecule has 8 nitrogen and oxygen atoms in total. The van der Waals surface area contributed by atoms with Crippen molar-refractivity contribution in [1.82, 2.24) is 10.6 Å². The standard InChI is InChI=1S/C17H22ClN3O5/c1-10(2)15(17(23)19-8-11-5-6-26-9-11)20-16(22)13-4-3-12(21(24)25)7-14(13)18/h3-4,7,10-11,15H,5-6,8-9H2,1-2H3,(H,19,23)(H,20,22). The van der Waals surface area contributed by atoms with Crippen LogP contribution in [0.1, 0.15) is 30.6 Å². The van der Waals surface area contributed by atoms with Crippen molar-refractivity contribution in [3.63, 3.8) is 0 Å². The van der Waals surface area contributed by atoms with Gasteiger partial charge in [-0.1, -0.05) is 25.4 Å². The lowest BCUT2D eigenvalue weighted by molar-refractivity contribution is -0.384. The Morgan fingerprint density at radius 1 is 1.42 bits per heavy atom. The van der Waals surface area contributed by atoms with E-state index in [-0.39, 0.29) is 34.0 Å². The summed E-state index contributed by atoms with van der Waals surface area (Å²) in [5.41, 5.74) is -0.122. The van der Waals surface area contributed by atoms with Crippen LogP contribution in [0.2, 0.25) is 5.02 Å². The Hall–Kier alpha value is -2.19. The minimum Gasteiger partial charge on any atom is -0.381 e. The van der Waals surface area contributed by atoms with Gasteiger partial charge in [-0.25, -0.2) is 0 Å². The van der Waals surface area contributed by atoms with E-state index in [2.05, 4.69) is 10.6 Å². The molecule has 2 atom stereocenters. The molecule has 1 aromatic carbocycles. The predicted molar refractivity (Wildman–Crippen MR) is 96.1 cm³/mol. The summed E-state index contributed by atoms with van der Waals surface area (Å²) in [5, 5.41) is 16.2. The van der Waals surface area contributed by atoms with Crippen molar-refractivity contribution in [2.75, 3.05) is 19.8 Å². The smallest absolute Gasteiger partial charge is 0.270 e. The Kier molecular flexibility index (Phi) is 6.93. The first-order valence-electron chi connectivity index (χ1n) is 8.40. The summed E-state index contributed by atoms with van der Waals surface area (Å²) in [5.74, 6) is -0.691. The number of ether oxygens (including phenoxy) is 1. The van der Waals surface area contributed by atoms with Crippen LogP contribution < -0.4 is 10.6 Å².